The number of alkyl halides is 3. The maximum Gasteiger partial charge on any atom is 0.451 e. The lowest BCUT2D eigenvalue weighted by Crippen LogP contribution is -2.48. The number of nitrogens with one attached hydrogen (secondary N) is 1. The molecule has 3 heterocycles. The monoisotopic (exact) mass is 432 g/mol. The van der Waals surface area contributed by atoms with E-state index in [1.807, 2.05) is 4.90 Å². The number of fused-ring (bicyclic) bond motifs is 1. The third-order valence-corrected chi connectivity index (χ3v) is 5.53. The Morgan fingerprint density at radius 1 is 1.10 bits per heavy atom. The predicted octanol–water partition coefficient (Wildman–Crippen LogP) is 3.35. The van der Waals surface area contributed by atoms with Gasteiger partial charge in [-0.2, -0.15) is 13.2 Å². The summed E-state index contributed by atoms with van der Waals surface area (Å²) >= 11 is 0. The number of ether oxygens (including phenoxy) is 1. The minimum absolute atomic E-state index is 0.0860. The molecule has 162 valence electrons. The summed E-state index contributed by atoms with van der Waals surface area (Å²) in [6, 6.07) is 0.681. The lowest BCUT2D eigenvalue weighted by atomic mass is 9.92. The highest BCUT2D eigenvalue weighted by Gasteiger charge is 2.40. The first-order chi connectivity index (χ1) is 14.2. The van der Waals surface area contributed by atoms with E-state index in [0.29, 0.717) is 30.3 Å². The molecule has 2 aliphatic rings. The van der Waals surface area contributed by atoms with Gasteiger partial charge in [0.2, 0.25) is 5.82 Å². The van der Waals surface area contributed by atoms with Gasteiger partial charge < -0.3 is 10.1 Å². The highest BCUT2D eigenvalue weighted by Crippen LogP contribution is 2.35. The van der Waals surface area contributed by atoms with Gasteiger partial charge in [-0.3, -0.25) is 4.90 Å². The van der Waals surface area contributed by atoms with E-state index in [1.54, 1.807) is 7.05 Å². The van der Waals surface area contributed by atoms with Gasteiger partial charge in [0, 0.05) is 48.6 Å². The number of nitrogens with zero attached hydrogens (tertiary/aromatic N) is 3. The molecule has 2 aromatic rings. The quantitative estimate of drug-likeness (QED) is 0.596. The summed E-state index contributed by atoms with van der Waals surface area (Å²) in [5, 5.41) is 3.01. The van der Waals surface area contributed by atoms with Crippen LogP contribution in [0.15, 0.2) is 18.3 Å². The second kappa shape index (κ2) is 7.78. The average molecular weight is 432 g/mol. The van der Waals surface area contributed by atoms with Gasteiger partial charge in [-0.05, 0) is 19.5 Å². The number of halogens is 6. The molecule has 5 nitrogen and oxygen atoms in total. The van der Waals surface area contributed by atoms with E-state index in [0.717, 1.165) is 6.07 Å². The summed E-state index contributed by atoms with van der Waals surface area (Å²) in [7, 11) is 1.64. The van der Waals surface area contributed by atoms with Crippen LogP contribution in [0.1, 0.15) is 35.2 Å². The largest absolute Gasteiger partial charge is 0.451 e. The van der Waals surface area contributed by atoms with Crippen LogP contribution in [0.5, 0.6) is 0 Å². The number of hydrogen-bond acceptors (Lipinski definition) is 5. The Kier molecular flexibility index (Phi) is 5.45. The molecule has 30 heavy (non-hydrogen) atoms. The number of hydrogen-bond donors (Lipinski definition) is 1. The van der Waals surface area contributed by atoms with E-state index in [9.17, 15) is 26.3 Å². The Hall–Kier alpha value is -2.24. The van der Waals surface area contributed by atoms with Crippen LogP contribution in [-0.4, -0.2) is 40.6 Å². The van der Waals surface area contributed by atoms with Gasteiger partial charge in [-0.15, -0.1) is 0 Å². The first-order valence-electron chi connectivity index (χ1n) is 9.26. The number of likely N-dealkylation sites (N-methyl/N-ethyl adjacent to an activating group) is 1. The van der Waals surface area contributed by atoms with Crippen molar-refractivity contribution in [1.29, 1.82) is 0 Å². The van der Waals surface area contributed by atoms with E-state index in [2.05, 4.69) is 15.3 Å². The molecule has 1 aromatic carbocycles. The molecule has 11 heteroatoms. The molecule has 0 aliphatic carbocycles. The van der Waals surface area contributed by atoms with E-state index in [1.165, 1.54) is 6.20 Å². The summed E-state index contributed by atoms with van der Waals surface area (Å²) in [4.78, 5) is 8.95. The van der Waals surface area contributed by atoms with E-state index in [4.69, 9.17) is 4.74 Å². The second-order valence-corrected chi connectivity index (χ2v) is 7.39. The van der Waals surface area contributed by atoms with E-state index in [-0.39, 0.29) is 24.8 Å². The SMILES string of the molecule is CN[C@H]1C[C@@H](N2Cc3cnc(C(F)(F)F)nc3C2)CO[C@@H]1c1cc(F)c(F)cc1F. The number of rotatable bonds is 3. The van der Waals surface area contributed by atoms with Crippen LogP contribution < -0.4 is 5.32 Å². The third kappa shape index (κ3) is 3.88. The lowest BCUT2D eigenvalue weighted by Gasteiger charge is -2.40. The standard InChI is InChI=1S/C19H18F6N4O/c1-26-15-2-10(8-30-17(15)11-3-13(21)14(22)4-12(11)20)29-6-9-5-27-18(19(23,24)25)28-16(9)7-29/h3-5,10,15,17,26H,2,6-8H2,1H3/t10-,15+,17-/m1/s1. The molecule has 0 amide bonds. The van der Waals surface area contributed by atoms with Gasteiger partial charge in [0.1, 0.15) is 11.9 Å². The molecule has 4 rings (SSSR count). The number of benzene rings is 1. The summed E-state index contributed by atoms with van der Waals surface area (Å²) < 4.78 is 85.4. The molecular formula is C19H18F6N4O. The molecule has 0 radical (unpaired) electrons. The first-order valence-corrected chi connectivity index (χ1v) is 9.26. The zero-order valence-electron chi connectivity index (χ0n) is 15.8. The second-order valence-electron chi connectivity index (χ2n) is 7.39. The smallest absolute Gasteiger partial charge is 0.370 e. The normalized spacial score (nSPS) is 24.8. The Morgan fingerprint density at radius 3 is 2.53 bits per heavy atom. The van der Waals surface area contributed by atoms with Crippen LogP contribution in [0.4, 0.5) is 26.3 Å². The molecule has 1 fully saturated rings. The van der Waals surface area contributed by atoms with Crippen molar-refractivity contribution in [1.82, 2.24) is 20.2 Å². The molecule has 0 bridgehead atoms. The highest BCUT2D eigenvalue weighted by atomic mass is 19.4. The van der Waals surface area contributed by atoms with Gasteiger partial charge in [-0.25, -0.2) is 23.1 Å². The van der Waals surface area contributed by atoms with E-state index < -0.39 is 41.6 Å². The number of aromatic nitrogens is 2. The fraction of sp³-hybridized carbons (Fsp3) is 0.474. The minimum Gasteiger partial charge on any atom is -0.370 e. The van der Waals surface area contributed by atoms with Crippen LogP contribution in [-0.2, 0) is 24.0 Å². The van der Waals surface area contributed by atoms with Crippen molar-refractivity contribution >= 4 is 0 Å². The average Bonchev–Trinajstić information content (AvgIpc) is 3.13. The molecule has 3 atom stereocenters. The van der Waals surface area contributed by atoms with Crippen molar-refractivity contribution in [3.05, 3.63) is 58.4 Å². The first kappa shape index (κ1) is 21.0. The van der Waals surface area contributed by atoms with Crippen molar-refractivity contribution in [2.75, 3.05) is 13.7 Å². The Morgan fingerprint density at radius 2 is 1.83 bits per heavy atom. The topological polar surface area (TPSA) is 50.3 Å². The maximum absolute atomic E-state index is 14.2. The van der Waals surface area contributed by atoms with Crippen LogP contribution in [0.3, 0.4) is 0 Å². The molecule has 0 spiro atoms. The Balaban J connectivity index is 1.49. The molecular weight excluding hydrogens is 414 g/mol. The zero-order chi connectivity index (χ0) is 21.6. The molecule has 1 saturated heterocycles. The fourth-order valence-corrected chi connectivity index (χ4v) is 3.97. The van der Waals surface area contributed by atoms with Gasteiger partial charge >= 0.3 is 6.18 Å². The highest BCUT2D eigenvalue weighted by molar-refractivity contribution is 5.26. The van der Waals surface area contributed by atoms with Crippen LogP contribution in [0.2, 0.25) is 0 Å². The molecule has 2 aliphatic heterocycles. The van der Waals surface area contributed by atoms with Crippen molar-refractivity contribution in [2.45, 2.75) is 43.9 Å². The zero-order valence-corrected chi connectivity index (χ0v) is 15.8. The van der Waals surface area contributed by atoms with Crippen LogP contribution >= 0.6 is 0 Å². The van der Waals surface area contributed by atoms with E-state index >= 15 is 0 Å². The molecule has 0 saturated carbocycles. The fourth-order valence-electron chi connectivity index (χ4n) is 3.97. The maximum atomic E-state index is 14.2. The Labute approximate surface area is 168 Å². The lowest BCUT2D eigenvalue weighted by molar-refractivity contribution is -0.145. The van der Waals surface area contributed by atoms with Crippen LogP contribution in [0, 0.1) is 17.5 Å². The summed E-state index contributed by atoms with van der Waals surface area (Å²) in [5.74, 6) is -4.52. The predicted molar refractivity (Wildman–Crippen MR) is 92.5 cm³/mol. The van der Waals surface area contributed by atoms with Gasteiger partial charge in [0.05, 0.1) is 12.3 Å². The molecule has 1 N–H and O–H groups in total. The molecule has 1 aromatic heterocycles. The van der Waals surface area contributed by atoms with Crippen molar-refractivity contribution in [3.63, 3.8) is 0 Å². The van der Waals surface area contributed by atoms with Gasteiger partial charge in [0.25, 0.3) is 0 Å². The summed E-state index contributed by atoms with van der Waals surface area (Å²) in [5.41, 5.74) is 0.835. The summed E-state index contributed by atoms with van der Waals surface area (Å²) in [6.07, 6.45) is -3.80. The van der Waals surface area contributed by atoms with Crippen molar-refractivity contribution in [2.24, 2.45) is 0 Å². The summed E-state index contributed by atoms with van der Waals surface area (Å²) in [6.45, 7) is 0.715. The van der Waals surface area contributed by atoms with Gasteiger partial charge in [0.15, 0.2) is 11.6 Å². The Bertz CT molecular complexity index is 953. The third-order valence-electron chi connectivity index (χ3n) is 5.53. The van der Waals surface area contributed by atoms with Gasteiger partial charge in [-0.1, -0.05) is 0 Å². The molecule has 0 unspecified atom stereocenters. The van der Waals surface area contributed by atoms with Crippen LogP contribution in [0.25, 0.3) is 0 Å². The van der Waals surface area contributed by atoms with Crippen molar-refractivity contribution in [3.8, 4) is 0 Å². The minimum atomic E-state index is -4.62. The van der Waals surface area contributed by atoms with Crippen molar-refractivity contribution < 1.29 is 31.1 Å².